The highest BCUT2D eigenvalue weighted by molar-refractivity contribution is 9.10. The van der Waals surface area contributed by atoms with Gasteiger partial charge in [0.25, 0.3) is 6.43 Å². The normalized spacial score (nSPS) is 13.4. The standard InChI is InChI=1S/C13H22BrF2N3O/c1-4-17-11(5-6-20-8-12(15)16)13-10(14)7-18-19(13)9(2)3/h7,9,11-12,17H,4-6,8H2,1-3H3. The van der Waals surface area contributed by atoms with Gasteiger partial charge in [0.2, 0.25) is 0 Å². The lowest BCUT2D eigenvalue weighted by molar-refractivity contribution is 0.0141. The number of nitrogens with one attached hydrogen (secondary N) is 1. The number of nitrogens with zero attached hydrogens (tertiary/aromatic N) is 2. The average Bonchev–Trinajstić information content (AvgIpc) is 2.75. The van der Waals surface area contributed by atoms with Gasteiger partial charge in [0, 0.05) is 12.6 Å². The number of hydrogen-bond acceptors (Lipinski definition) is 3. The van der Waals surface area contributed by atoms with Crippen molar-refractivity contribution in [3.8, 4) is 0 Å². The Labute approximate surface area is 127 Å². The molecule has 20 heavy (non-hydrogen) atoms. The predicted molar refractivity (Wildman–Crippen MR) is 78.2 cm³/mol. The number of alkyl halides is 2. The molecule has 7 heteroatoms. The number of rotatable bonds is 9. The zero-order chi connectivity index (χ0) is 15.1. The molecule has 0 amide bonds. The summed E-state index contributed by atoms with van der Waals surface area (Å²) in [5.41, 5.74) is 1.03. The van der Waals surface area contributed by atoms with Gasteiger partial charge < -0.3 is 10.1 Å². The molecule has 0 aliphatic heterocycles. The summed E-state index contributed by atoms with van der Waals surface area (Å²) in [4.78, 5) is 0. The fraction of sp³-hybridized carbons (Fsp3) is 0.769. The summed E-state index contributed by atoms with van der Waals surface area (Å²) in [6, 6.07) is 0.261. The molecule has 0 aromatic carbocycles. The van der Waals surface area contributed by atoms with Crippen LogP contribution < -0.4 is 5.32 Å². The van der Waals surface area contributed by atoms with Crippen molar-refractivity contribution in [1.29, 1.82) is 0 Å². The molecule has 1 N–H and O–H groups in total. The van der Waals surface area contributed by atoms with Crippen molar-refractivity contribution < 1.29 is 13.5 Å². The van der Waals surface area contributed by atoms with Crippen LogP contribution in [0.1, 0.15) is 45.0 Å². The zero-order valence-corrected chi connectivity index (χ0v) is 13.7. The van der Waals surface area contributed by atoms with Gasteiger partial charge in [-0.15, -0.1) is 0 Å². The summed E-state index contributed by atoms with van der Waals surface area (Å²) in [7, 11) is 0. The molecule has 0 bridgehead atoms. The van der Waals surface area contributed by atoms with Crippen molar-refractivity contribution in [3.63, 3.8) is 0 Å². The first-order valence-corrected chi connectivity index (χ1v) is 7.58. The second-order valence-corrected chi connectivity index (χ2v) is 5.64. The van der Waals surface area contributed by atoms with E-state index < -0.39 is 13.0 Å². The molecule has 1 aromatic heterocycles. The lowest BCUT2D eigenvalue weighted by Gasteiger charge is -2.22. The molecule has 0 spiro atoms. The minimum Gasteiger partial charge on any atom is -0.375 e. The van der Waals surface area contributed by atoms with Crippen molar-refractivity contribution in [2.45, 2.75) is 45.7 Å². The fourth-order valence-corrected chi connectivity index (χ4v) is 2.59. The third-order valence-corrected chi connectivity index (χ3v) is 3.46. The van der Waals surface area contributed by atoms with E-state index in [9.17, 15) is 8.78 Å². The monoisotopic (exact) mass is 353 g/mol. The van der Waals surface area contributed by atoms with Gasteiger partial charge in [0.05, 0.1) is 22.4 Å². The summed E-state index contributed by atoms with van der Waals surface area (Å²) < 4.78 is 31.9. The van der Waals surface area contributed by atoms with Crippen molar-refractivity contribution in [2.24, 2.45) is 0 Å². The SMILES string of the molecule is CCNC(CCOCC(F)F)c1c(Br)cnn1C(C)C. The highest BCUT2D eigenvalue weighted by Crippen LogP contribution is 2.28. The quantitative estimate of drug-likeness (QED) is 0.690. The smallest absolute Gasteiger partial charge is 0.261 e. The third kappa shape index (κ3) is 5.10. The zero-order valence-electron chi connectivity index (χ0n) is 12.1. The van der Waals surface area contributed by atoms with E-state index in [2.05, 4.69) is 40.2 Å². The van der Waals surface area contributed by atoms with Crippen molar-refractivity contribution >= 4 is 15.9 Å². The van der Waals surface area contributed by atoms with Crippen LogP contribution in [0.15, 0.2) is 10.7 Å². The number of halogens is 3. The third-order valence-electron chi connectivity index (χ3n) is 2.85. The molecule has 1 unspecified atom stereocenters. The van der Waals surface area contributed by atoms with Crippen LogP contribution in [0.25, 0.3) is 0 Å². The Bertz CT molecular complexity index is 399. The van der Waals surface area contributed by atoms with Crippen LogP contribution in [-0.4, -0.2) is 36.0 Å². The molecule has 1 rings (SSSR count). The molecule has 1 heterocycles. The second kappa shape index (κ2) is 8.69. The van der Waals surface area contributed by atoms with Gasteiger partial charge >= 0.3 is 0 Å². The Morgan fingerprint density at radius 1 is 1.45 bits per heavy atom. The first-order chi connectivity index (χ1) is 9.47. The van der Waals surface area contributed by atoms with Gasteiger partial charge in [0.15, 0.2) is 0 Å². The van der Waals surface area contributed by atoms with Crippen molar-refractivity contribution in [2.75, 3.05) is 19.8 Å². The lowest BCUT2D eigenvalue weighted by Crippen LogP contribution is -2.26. The van der Waals surface area contributed by atoms with Crippen LogP contribution in [0.4, 0.5) is 8.78 Å². The molecule has 4 nitrogen and oxygen atoms in total. The Hall–Kier alpha value is -0.530. The molecule has 1 atom stereocenters. The maximum Gasteiger partial charge on any atom is 0.261 e. The highest BCUT2D eigenvalue weighted by Gasteiger charge is 2.20. The first-order valence-electron chi connectivity index (χ1n) is 6.79. The minimum atomic E-state index is -2.42. The summed E-state index contributed by atoms with van der Waals surface area (Å²) in [5.74, 6) is 0. The molecule has 116 valence electrons. The molecule has 0 saturated heterocycles. The fourth-order valence-electron chi connectivity index (χ4n) is 2.04. The van der Waals surface area contributed by atoms with Crippen LogP contribution in [-0.2, 0) is 4.74 Å². The largest absolute Gasteiger partial charge is 0.375 e. The second-order valence-electron chi connectivity index (χ2n) is 4.78. The van der Waals surface area contributed by atoms with E-state index >= 15 is 0 Å². The molecule has 1 aromatic rings. The topological polar surface area (TPSA) is 39.1 Å². The predicted octanol–water partition coefficient (Wildman–Crippen LogP) is 3.55. The average molecular weight is 354 g/mol. The maximum atomic E-state index is 12.1. The van der Waals surface area contributed by atoms with E-state index in [0.717, 1.165) is 16.7 Å². The van der Waals surface area contributed by atoms with E-state index in [4.69, 9.17) is 4.74 Å². The van der Waals surface area contributed by atoms with Gasteiger partial charge in [-0.2, -0.15) is 5.10 Å². The Kier molecular flexibility index (Phi) is 7.61. The number of hydrogen-bond donors (Lipinski definition) is 1. The molecule has 0 radical (unpaired) electrons. The number of ether oxygens (including phenoxy) is 1. The van der Waals surface area contributed by atoms with E-state index in [1.165, 1.54) is 0 Å². The van der Waals surface area contributed by atoms with Crippen LogP contribution in [0.3, 0.4) is 0 Å². The lowest BCUT2D eigenvalue weighted by atomic mass is 10.1. The summed E-state index contributed by atoms with van der Waals surface area (Å²) in [6.45, 7) is 6.69. The van der Waals surface area contributed by atoms with E-state index in [-0.39, 0.29) is 18.7 Å². The molecular weight excluding hydrogens is 332 g/mol. The van der Waals surface area contributed by atoms with E-state index in [1.54, 1.807) is 6.20 Å². The van der Waals surface area contributed by atoms with E-state index in [0.29, 0.717) is 6.42 Å². The highest BCUT2D eigenvalue weighted by atomic mass is 79.9. The maximum absolute atomic E-state index is 12.1. The molecular formula is C13H22BrF2N3O. The Morgan fingerprint density at radius 3 is 2.70 bits per heavy atom. The first kappa shape index (κ1) is 17.5. The molecule has 0 fully saturated rings. The van der Waals surface area contributed by atoms with Crippen LogP contribution in [0, 0.1) is 0 Å². The van der Waals surface area contributed by atoms with Gasteiger partial charge in [-0.3, -0.25) is 4.68 Å². The van der Waals surface area contributed by atoms with Gasteiger partial charge in [0.1, 0.15) is 6.61 Å². The molecule has 0 aliphatic carbocycles. The summed E-state index contributed by atoms with van der Waals surface area (Å²) in [6.07, 6.45) is -0.0300. The van der Waals surface area contributed by atoms with Crippen LogP contribution in [0.2, 0.25) is 0 Å². The van der Waals surface area contributed by atoms with Crippen LogP contribution in [0.5, 0.6) is 0 Å². The summed E-state index contributed by atoms with van der Waals surface area (Å²) in [5, 5.41) is 7.69. The van der Waals surface area contributed by atoms with Crippen molar-refractivity contribution in [3.05, 3.63) is 16.4 Å². The summed E-state index contributed by atoms with van der Waals surface area (Å²) >= 11 is 3.50. The van der Waals surface area contributed by atoms with Gasteiger partial charge in [-0.05, 0) is 42.7 Å². The molecule has 0 aliphatic rings. The van der Waals surface area contributed by atoms with Crippen LogP contribution >= 0.6 is 15.9 Å². The van der Waals surface area contributed by atoms with E-state index in [1.807, 2.05) is 11.6 Å². The van der Waals surface area contributed by atoms with Crippen molar-refractivity contribution in [1.82, 2.24) is 15.1 Å². The van der Waals surface area contributed by atoms with Gasteiger partial charge in [-0.25, -0.2) is 8.78 Å². The number of aromatic nitrogens is 2. The Balaban J connectivity index is 2.72. The minimum absolute atomic E-state index is 0.0250. The molecule has 0 saturated carbocycles. The Morgan fingerprint density at radius 2 is 2.15 bits per heavy atom. The van der Waals surface area contributed by atoms with Gasteiger partial charge in [-0.1, -0.05) is 6.92 Å².